The first kappa shape index (κ1) is 33.9. The lowest BCUT2D eigenvalue weighted by Gasteiger charge is -2.22. The Balaban J connectivity index is 2.58. The highest BCUT2D eigenvalue weighted by molar-refractivity contribution is 5.83. The van der Waals surface area contributed by atoms with E-state index in [0.29, 0.717) is 22.5 Å². The smallest absolute Gasteiger partial charge is 0.308 e. The molecule has 0 radical (unpaired) electrons. The van der Waals surface area contributed by atoms with Crippen molar-refractivity contribution in [2.45, 2.75) is 89.6 Å². The fraction of sp³-hybridized carbons (Fsp3) is 0.516. The molecule has 4 N–H and O–H groups in total. The molecule has 0 amide bonds. The Labute approximate surface area is 241 Å². The second-order valence-electron chi connectivity index (χ2n) is 10.6. The predicted molar refractivity (Wildman–Crippen MR) is 155 cm³/mol. The van der Waals surface area contributed by atoms with Crippen molar-refractivity contribution in [3.05, 3.63) is 53.1 Å². The topological polar surface area (TPSA) is 160 Å². The molecule has 10 heteroatoms. The van der Waals surface area contributed by atoms with Gasteiger partial charge in [-0.3, -0.25) is 14.6 Å². The maximum Gasteiger partial charge on any atom is 0.308 e. The number of pyridine rings is 1. The Hall–Kier alpha value is -3.31. The Morgan fingerprint density at radius 2 is 1.27 bits per heavy atom. The number of esters is 2. The number of rotatable bonds is 15. The molecule has 41 heavy (non-hydrogen) atoms. The van der Waals surface area contributed by atoms with Crippen LogP contribution in [-0.4, -0.2) is 76.0 Å². The molecule has 4 atom stereocenters. The van der Waals surface area contributed by atoms with E-state index in [1.165, 1.54) is 26.4 Å². The zero-order chi connectivity index (χ0) is 30.7. The normalized spacial score (nSPS) is 15.0. The van der Waals surface area contributed by atoms with E-state index in [0.717, 1.165) is 11.4 Å². The van der Waals surface area contributed by atoms with Crippen molar-refractivity contribution in [2.24, 2.45) is 0 Å². The van der Waals surface area contributed by atoms with E-state index in [4.69, 9.17) is 9.40 Å². The van der Waals surface area contributed by atoms with Gasteiger partial charge in [-0.2, -0.15) is 0 Å². The molecule has 0 fully saturated rings. The van der Waals surface area contributed by atoms with Crippen LogP contribution in [0, 0.1) is 0 Å². The Morgan fingerprint density at radius 3 is 1.61 bits per heavy atom. The third-order valence-corrected chi connectivity index (χ3v) is 6.45. The monoisotopic (exact) mass is 573 g/mol. The second-order valence-corrected chi connectivity index (χ2v) is 10.6. The summed E-state index contributed by atoms with van der Waals surface area (Å²) in [6.45, 7) is 8.03. The van der Waals surface area contributed by atoms with Crippen LogP contribution in [0.2, 0.25) is 0 Å². The first-order valence-electron chi connectivity index (χ1n) is 13.7. The van der Waals surface area contributed by atoms with Gasteiger partial charge in [-0.1, -0.05) is 52.0 Å². The van der Waals surface area contributed by atoms with Crippen molar-refractivity contribution in [3.63, 3.8) is 0 Å². The highest BCUT2D eigenvalue weighted by Crippen LogP contribution is 2.38. The molecule has 0 aliphatic rings. The number of methoxy groups -OCH3 is 2. The molecule has 10 nitrogen and oxygen atoms in total. The van der Waals surface area contributed by atoms with E-state index >= 15 is 0 Å². The molecule has 2 heterocycles. The van der Waals surface area contributed by atoms with Crippen LogP contribution in [0.15, 0.2) is 35.0 Å². The summed E-state index contributed by atoms with van der Waals surface area (Å²) < 4.78 is 15.0. The molecule has 2 aromatic heterocycles. The van der Waals surface area contributed by atoms with Crippen LogP contribution in [0.25, 0.3) is 23.5 Å². The van der Waals surface area contributed by atoms with Gasteiger partial charge in [-0.25, -0.2) is 0 Å². The van der Waals surface area contributed by atoms with Gasteiger partial charge in [0.2, 0.25) is 0 Å². The van der Waals surface area contributed by atoms with Gasteiger partial charge in [-0.05, 0) is 24.0 Å². The van der Waals surface area contributed by atoms with Crippen molar-refractivity contribution < 1.29 is 43.9 Å². The quantitative estimate of drug-likeness (QED) is 0.230. The third-order valence-electron chi connectivity index (χ3n) is 6.45. The van der Waals surface area contributed by atoms with Crippen LogP contribution in [0.4, 0.5) is 0 Å². The van der Waals surface area contributed by atoms with Crippen LogP contribution in [0.5, 0.6) is 0 Å². The number of aliphatic hydroxyl groups excluding tert-OH is 4. The molecule has 226 valence electrons. The third kappa shape index (κ3) is 10.2. The van der Waals surface area contributed by atoms with Gasteiger partial charge in [-0.15, -0.1) is 0 Å². The number of hydrogen-bond donors (Lipinski definition) is 4. The van der Waals surface area contributed by atoms with Crippen molar-refractivity contribution >= 4 is 24.1 Å². The summed E-state index contributed by atoms with van der Waals surface area (Å²) in [5.41, 5.74) is 3.63. The summed E-state index contributed by atoms with van der Waals surface area (Å²) >= 11 is 0. The fourth-order valence-corrected chi connectivity index (χ4v) is 4.40. The summed E-state index contributed by atoms with van der Waals surface area (Å²) in [7, 11) is 2.47. The Morgan fingerprint density at radius 1 is 0.829 bits per heavy atom. The summed E-state index contributed by atoms with van der Waals surface area (Å²) in [6, 6.07) is 3.57. The van der Waals surface area contributed by atoms with Crippen LogP contribution in [-0.2, 0) is 19.1 Å². The van der Waals surface area contributed by atoms with Gasteiger partial charge in [0.25, 0.3) is 0 Å². The summed E-state index contributed by atoms with van der Waals surface area (Å²) in [4.78, 5) is 27.9. The number of nitrogens with zero attached hydrogens (tertiary/aromatic N) is 1. The Bertz CT molecular complexity index is 1110. The van der Waals surface area contributed by atoms with Gasteiger partial charge >= 0.3 is 11.9 Å². The molecular formula is C31H43NO9. The minimum atomic E-state index is -1.08. The molecule has 0 aliphatic heterocycles. The van der Waals surface area contributed by atoms with Gasteiger partial charge in [0, 0.05) is 29.5 Å². The van der Waals surface area contributed by atoms with E-state index in [1.54, 1.807) is 24.5 Å². The lowest BCUT2D eigenvalue weighted by atomic mass is 9.88. The van der Waals surface area contributed by atoms with E-state index in [1.807, 2.05) is 33.8 Å². The highest BCUT2D eigenvalue weighted by atomic mass is 16.5. The van der Waals surface area contributed by atoms with Crippen molar-refractivity contribution in [3.8, 4) is 11.3 Å². The van der Waals surface area contributed by atoms with Gasteiger partial charge in [0.1, 0.15) is 5.76 Å². The lowest BCUT2D eigenvalue weighted by Crippen LogP contribution is -2.20. The minimum Gasteiger partial charge on any atom is -0.469 e. The molecule has 2 rings (SSSR count). The molecular weight excluding hydrogens is 530 g/mol. The number of aromatic nitrogens is 1. The van der Waals surface area contributed by atoms with Gasteiger partial charge in [0.05, 0.1) is 69.1 Å². The number of furan rings is 1. The highest BCUT2D eigenvalue weighted by Gasteiger charge is 2.24. The number of carbonyl (C=O) groups is 2. The molecule has 0 aromatic carbocycles. The first-order valence-corrected chi connectivity index (χ1v) is 13.7. The van der Waals surface area contributed by atoms with Crippen LogP contribution in [0.1, 0.15) is 87.7 Å². The average Bonchev–Trinajstić information content (AvgIpc) is 3.44. The number of hydrogen-bond acceptors (Lipinski definition) is 10. The minimum absolute atomic E-state index is 0.00000775. The largest absolute Gasteiger partial charge is 0.469 e. The SMILES string of the molecule is COC(=O)CC(O)CC(O)C=Cc1c(C(C)C)nc(C(C)C)c(C=CC(O)CC(O)CC(=O)OC)c1-c1ccco1. The number of carbonyl (C=O) groups excluding carboxylic acids is 2. The molecule has 0 saturated heterocycles. The Kier molecular flexibility index (Phi) is 13.4. The van der Waals surface area contributed by atoms with E-state index in [2.05, 4.69) is 9.47 Å². The molecule has 0 spiro atoms. The maximum absolute atomic E-state index is 11.5. The zero-order valence-corrected chi connectivity index (χ0v) is 24.6. The van der Waals surface area contributed by atoms with Crippen LogP contribution >= 0.6 is 0 Å². The van der Waals surface area contributed by atoms with E-state index in [-0.39, 0.29) is 37.5 Å². The van der Waals surface area contributed by atoms with E-state index < -0.39 is 36.4 Å². The lowest BCUT2D eigenvalue weighted by molar-refractivity contribution is -0.144. The van der Waals surface area contributed by atoms with Gasteiger partial charge < -0.3 is 34.3 Å². The molecule has 0 saturated carbocycles. The molecule has 4 unspecified atom stereocenters. The summed E-state index contributed by atoms with van der Waals surface area (Å²) in [5.74, 6) is -0.586. The molecule has 0 aliphatic carbocycles. The number of aliphatic hydroxyl groups is 4. The van der Waals surface area contributed by atoms with Crippen LogP contribution < -0.4 is 0 Å². The second kappa shape index (κ2) is 16.2. The zero-order valence-electron chi connectivity index (χ0n) is 24.6. The van der Waals surface area contributed by atoms with Gasteiger partial charge in [0.15, 0.2) is 0 Å². The molecule has 2 aromatic rings. The van der Waals surface area contributed by atoms with Crippen molar-refractivity contribution in [1.29, 1.82) is 0 Å². The van der Waals surface area contributed by atoms with Crippen molar-refractivity contribution in [1.82, 2.24) is 4.98 Å². The predicted octanol–water partition coefficient (Wildman–Crippen LogP) is 3.96. The van der Waals surface area contributed by atoms with Crippen LogP contribution in [0.3, 0.4) is 0 Å². The maximum atomic E-state index is 11.5. The average molecular weight is 574 g/mol. The fourth-order valence-electron chi connectivity index (χ4n) is 4.40. The van der Waals surface area contributed by atoms with E-state index in [9.17, 15) is 30.0 Å². The standard InChI is InChI=1S/C31H43NO9/c1-18(2)30-24(11-9-20(33)14-22(35)16-27(37)39-5)29(26-8-7-13-41-26)25(31(32-30)19(3)4)12-10-21(34)15-23(36)17-28(38)40-6/h7-13,18-23,33-36H,14-17H2,1-6H3. The first-order chi connectivity index (χ1) is 19.4. The molecule has 0 bridgehead atoms. The summed E-state index contributed by atoms with van der Waals surface area (Å²) in [5, 5.41) is 41.6. The summed E-state index contributed by atoms with van der Waals surface area (Å²) in [6.07, 6.45) is 3.23. The van der Waals surface area contributed by atoms with Crippen molar-refractivity contribution in [2.75, 3.05) is 14.2 Å². The number of ether oxygens (including phenoxy) is 2.